The van der Waals surface area contributed by atoms with Crippen LogP contribution in [0.1, 0.15) is 12.0 Å². The number of hydrogen-bond donors (Lipinski definition) is 3. The van der Waals surface area contributed by atoms with Gasteiger partial charge in [-0.3, -0.25) is 4.79 Å². The third-order valence-corrected chi connectivity index (χ3v) is 3.34. The summed E-state index contributed by atoms with van der Waals surface area (Å²) in [6.07, 6.45) is 0.248. The zero-order valence-electron chi connectivity index (χ0n) is 12.5. The molecule has 8 nitrogen and oxygen atoms in total. The highest BCUT2D eigenvalue weighted by atomic mass is 16.5. The van der Waals surface area contributed by atoms with E-state index in [4.69, 9.17) is 20.5 Å². The van der Waals surface area contributed by atoms with Gasteiger partial charge in [-0.05, 0) is 30.7 Å². The van der Waals surface area contributed by atoms with E-state index in [2.05, 4.69) is 10.6 Å². The number of benzene rings is 1. The number of rotatable bonds is 5. The lowest BCUT2D eigenvalue weighted by molar-refractivity contribution is -0.122. The highest BCUT2D eigenvalue weighted by Gasteiger charge is 2.28. The topological polar surface area (TPSA) is 126 Å². The summed E-state index contributed by atoms with van der Waals surface area (Å²) in [6, 6.07) is 7.75. The largest absolute Gasteiger partial charge is 0.486 e. The number of nitrogens with zero attached hydrogens (tertiary/aromatic N) is 1. The molecule has 0 radical (unpaired) electrons. The number of urea groups is 1. The van der Waals surface area contributed by atoms with E-state index in [1.54, 1.807) is 24.3 Å². The monoisotopic (exact) mass is 318 g/mol. The minimum Gasteiger partial charge on any atom is -0.486 e. The van der Waals surface area contributed by atoms with E-state index in [0.717, 1.165) is 0 Å². The Hall–Kier alpha value is -2.79. The van der Waals surface area contributed by atoms with Crippen molar-refractivity contribution in [2.45, 2.75) is 18.6 Å². The molecule has 1 aliphatic heterocycles. The number of carbonyl (C=O) groups is 2. The molecule has 0 saturated carbocycles. The summed E-state index contributed by atoms with van der Waals surface area (Å²) in [5.41, 5.74) is 5.47. The molecule has 4 N–H and O–H groups in total. The van der Waals surface area contributed by atoms with Gasteiger partial charge < -0.3 is 25.8 Å². The molecule has 8 heteroatoms. The van der Waals surface area contributed by atoms with Gasteiger partial charge in [0.05, 0.1) is 30.8 Å². The summed E-state index contributed by atoms with van der Waals surface area (Å²) >= 11 is 0. The third-order valence-electron chi connectivity index (χ3n) is 3.34. The fraction of sp³-hybridized carbons (Fsp3) is 0.400. The summed E-state index contributed by atoms with van der Waals surface area (Å²) in [7, 11) is 0. The van der Waals surface area contributed by atoms with Gasteiger partial charge in [0, 0.05) is 6.61 Å². The van der Waals surface area contributed by atoms with Crippen LogP contribution in [-0.4, -0.2) is 43.8 Å². The molecule has 1 aliphatic rings. The van der Waals surface area contributed by atoms with Crippen molar-refractivity contribution in [2.75, 3.05) is 19.8 Å². The van der Waals surface area contributed by atoms with Crippen molar-refractivity contribution in [3.8, 4) is 11.8 Å². The van der Waals surface area contributed by atoms with E-state index < -0.39 is 6.03 Å². The van der Waals surface area contributed by atoms with E-state index in [1.807, 2.05) is 6.07 Å². The molecule has 2 rings (SSSR count). The summed E-state index contributed by atoms with van der Waals surface area (Å²) in [6.45, 7) is 0.673. The molecular weight excluding hydrogens is 300 g/mol. The average molecular weight is 318 g/mol. The summed E-state index contributed by atoms with van der Waals surface area (Å²) in [5, 5.41) is 13.8. The van der Waals surface area contributed by atoms with E-state index >= 15 is 0 Å². The van der Waals surface area contributed by atoms with Crippen molar-refractivity contribution in [1.29, 1.82) is 5.26 Å². The Bertz CT molecular complexity index is 596. The lowest BCUT2D eigenvalue weighted by Crippen LogP contribution is -2.53. The second kappa shape index (κ2) is 8.00. The Labute approximate surface area is 133 Å². The van der Waals surface area contributed by atoms with Gasteiger partial charge in [-0.25, -0.2) is 4.79 Å². The first-order valence-corrected chi connectivity index (χ1v) is 7.15. The lowest BCUT2D eigenvalue weighted by atomic mass is 10.1. The van der Waals surface area contributed by atoms with Gasteiger partial charge in [0.2, 0.25) is 5.91 Å². The van der Waals surface area contributed by atoms with Gasteiger partial charge >= 0.3 is 6.03 Å². The van der Waals surface area contributed by atoms with E-state index in [-0.39, 0.29) is 24.6 Å². The Morgan fingerprint density at radius 3 is 2.78 bits per heavy atom. The van der Waals surface area contributed by atoms with Crippen LogP contribution in [-0.2, 0) is 9.53 Å². The van der Waals surface area contributed by atoms with E-state index in [0.29, 0.717) is 30.9 Å². The predicted molar refractivity (Wildman–Crippen MR) is 80.5 cm³/mol. The molecule has 1 aromatic carbocycles. The zero-order valence-corrected chi connectivity index (χ0v) is 12.5. The van der Waals surface area contributed by atoms with Crippen molar-refractivity contribution in [2.24, 2.45) is 5.73 Å². The molecule has 3 amide bonds. The number of nitriles is 1. The summed E-state index contributed by atoms with van der Waals surface area (Å²) < 4.78 is 11.2. The lowest BCUT2D eigenvalue weighted by Gasteiger charge is -2.32. The van der Waals surface area contributed by atoms with Crippen LogP contribution in [0.25, 0.3) is 0 Å². The fourth-order valence-electron chi connectivity index (χ4n) is 2.20. The molecule has 1 saturated heterocycles. The second-order valence-corrected chi connectivity index (χ2v) is 5.05. The Morgan fingerprint density at radius 1 is 1.39 bits per heavy atom. The first-order valence-electron chi connectivity index (χ1n) is 7.15. The van der Waals surface area contributed by atoms with Gasteiger partial charge in [-0.15, -0.1) is 0 Å². The fourth-order valence-corrected chi connectivity index (χ4v) is 2.20. The molecule has 0 unspecified atom stereocenters. The SMILES string of the molecule is N#Cc1ccc(O[C@@H]2COCC[C@H]2NC(=O)CNC(N)=O)cc1. The van der Waals surface area contributed by atoms with Crippen molar-refractivity contribution in [3.63, 3.8) is 0 Å². The minimum atomic E-state index is -0.752. The quantitative estimate of drug-likeness (QED) is 0.697. The van der Waals surface area contributed by atoms with Crippen LogP contribution in [0.15, 0.2) is 24.3 Å². The van der Waals surface area contributed by atoms with Crippen molar-refractivity contribution in [3.05, 3.63) is 29.8 Å². The molecule has 122 valence electrons. The number of amides is 3. The van der Waals surface area contributed by atoms with Crippen LogP contribution in [0.5, 0.6) is 5.75 Å². The maximum atomic E-state index is 11.8. The molecule has 0 aromatic heterocycles. The first kappa shape index (κ1) is 16.6. The smallest absolute Gasteiger partial charge is 0.312 e. The molecule has 0 bridgehead atoms. The van der Waals surface area contributed by atoms with Crippen LogP contribution in [0.3, 0.4) is 0 Å². The number of hydrogen-bond acceptors (Lipinski definition) is 5. The standard InChI is InChI=1S/C15H18N4O4/c16-7-10-1-3-11(4-2-10)23-13-9-22-6-5-12(13)19-14(20)8-18-15(17)21/h1-4,12-13H,5-6,8-9H2,(H,19,20)(H3,17,18,21)/t12-,13-/m1/s1. The van der Waals surface area contributed by atoms with Crippen LogP contribution in [0.4, 0.5) is 4.79 Å². The number of nitrogens with two attached hydrogens (primary N) is 1. The van der Waals surface area contributed by atoms with Crippen molar-refractivity contribution < 1.29 is 19.1 Å². The Balaban J connectivity index is 1.93. The summed E-state index contributed by atoms with van der Waals surface area (Å²) in [5.74, 6) is 0.248. The third kappa shape index (κ3) is 5.16. The molecule has 1 aromatic rings. The second-order valence-electron chi connectivity index (χ2n) is 5.05. The van der Waals surface area contributed by atoms with Gasteiger partial charge in [-0.1, -0.05) is 0 Å². The number of nitrogens with one attached hydrogen (secondary N) is 2. The van der Waals surface area contributed by atoms with Crippen molar-refractivity contribution >= 4 is 11.9 Å². The summed E-state index contributed by atoms with van der Waals surface area (Å²) in [4.78, 5) is 22.4. The highest BCUT2D eigenvalue weighted by Crippen LogP contribution is 2.18. The normalized spacial score (nSPS) is 20.1. The molecule has 0 aliphatic carbocycles. The zero-order chi connectivity index (χ0) is 16.7. The van der Waals surface area contributed by atoms with Crippen LogP contribution in [0, 0.1) is 11.3 Å². The molecule has 0 spiro atoms. The molecule has 1 heterocycles. The first-order chi connectivity index (χ1) is 11.1. The maximum absolute atomic E-state index is 11.8. The van der Waals surface area contributed by atoms with E-state index in [9.17, 15) is 9.59 Å². The van der Waals surface area contributed by atoms with Crippen LogP contribution < -0.4 is 21.1 Å². The average Bonchev–Trinajstić information content (AvgIpc) is 2.55. The number of carbonyl (C=O) groups excluding carboxylic acids is 2. The molecule has 2 atom stereocenters. The molecular formula is C15H18N4O4. The Kier molecular flexibility index (Phi) is 5.77. The maximum Gasteiger partial charge on any atom is 0.312 e. The van der Waals surface area contributed by atoms with Crippen LogP contribution >= 0.6 is 0 Å². The number of ether oxygens (including phenoxy) is 2. The van der Waals surface area contributed by atoms with E-state index in [1.165, 1.54) is 0 Å². The van der Waals surface area contributed by atoms with Gasteiger partial charge in [-0.2, -0.15) is 5.26 Å². The van der Waals surface area contributed by atoms with Gasteiger partial charge in [0.1, 0.15) is 11.9 Å². The highest BCUT2D eigenvalue weighted by molar-refractivity contribution is 5.83. The van der Waals surface area contributed by atoms with Crippen molar-refractivity contribution in [1.82, 2.24) is 10.6 Å². The minimum absolute atomic E-state index is 0.184. The number of primary amides is 1. The predicted octanol–water partition coefficient (Wildman–Crippen LogP) is -0.121. The molecule has 1 fully saturated rings. The van der Waals surface area contributed by atoms with Gasteiger partial charge in [0.25, 0.3) is 0 Å². The molecule has 23 heavy (non-hydrogen) atoms. The Morgan fingerprint density at radius 2 is 2.13 bits per heavy atom. The van der Waals surface area contributed by atoms with Crippen LogP contribution in [0.2, 0.25) is 0 Å². The van der Waals surface area contributed by atoms with Gasteiger partial charge in [0.15, 0.2) is 0 Å².